The average Bonchev–Trinajstić information content (AvgIpc) is 2.38. The van der Waals surface area contributed by atoms with Crippen LogP contribution in [0.1, 0.15) is 5.56 Å². The molecule has 100 valence electrons. The zero-order valence-electron chi connectivity index (χ0n) is 10.6. The number of aromatic nitrogens is 2. The number of aromatic amines is 1. The van der Waals surface area contributed by atoms with Crippen LogP contribution < -0.4 is 5.56 Å². The van der Waals surface area contributed by atoms with Crippen LogP contribution in [0.25, 0.3) is 22.3 Å². The van der Waals surface area contributed by atoms with E-state index in [1.807, 2.05) is 37.3 Å². The van der Waals surface area contributed by atoms with Gasteiger partial charge in [-0.05, 0) is 36.8 Å². The van der Waals surface area contributed by atoms with Crippen LogP contribution in [0.15, 0.2) is 50.1 Å². The van der Waals surface area contributed by atoms with Crippen molar-refractivity contribution >= 4 is 42.8 Å². The Hall–Kier alpha value is -1.46. The highest BCUT2D eigenvalue weighted by atomic mass is 79.9. The minimum absolute atomic E-state index is 0.121. The van der Waals surface area contributed by atoms with Gasteiger partial charge < -0.3 is 4.98 Å². The summed E-state index contributed by atoms with van der Waals surface area (Å²) < 4.78 is 1.85. The van der Waals surface area contributed by atoms with Gasteiger partial charge in [0.15, 0.2) is 0 Å². The summed E-state index contributed by atoms with van der Waals surface area (Å²) in [6, 6.07) is 11.4. The van der Waals surface area contributed by atoms with Gasteiger partial charge in [-0.25, -0.2) is 4.98 Å². The van der Waals surface area contributed by atoms with E-state index in [1.54, 1.807) is 6.07 Å². The van der Waals surface area contributed by atoms with E-state index in [0.29, 0.717) is 11.2 Å². The fourth-order valence-corrected chi connectivity index (χ4v) is 3.43. The van der Waals surface area contributed by atoms with Crippen molar-refractivity contribution in [3.63, 3.8) is 0 Å². The Morgan fingerprint density at radius 3 is 2.50 bits per heavy atom. The van der Waals surface area contributed by atoms with Crippen LogP contribution >= 0.6 is 31.9 Å². The minimum atomic E-state index is -0.121. The summed E-state index contributed by atoms with van der Waals surface area (Å²) in [5.74, 6) is 0.568. The van der Waals surface area contributed by atoms with Crippen molar-refractivity contribution in [1.82, 2.24) is 9.97 Å². The van der Waals surface area contributed by atoms with E-state index in [0.717, 1.165) is 25.6 Å². The first-order valence-corrected chi connectivity index (χ1v) is 7.59. The van der Waals surface area contributed by atoms with Gasteiger partial charge in [-0.15, -0.1) is 0 Å². The maximum absolute atomic E-state index is 12.2. The predicted octanol–water partition coefficient (Wildman–Crippen LogP) is 4.42. The number of fused-ring (bicyclic) bond motifs is 1. The molecule has 0 unspecified atom stereocenters. The van der Waals surface area contributed by atoms with E-state index in [-0.39, 0.29) is 5.56 Å². The zero-order valence-corrected chi connectivity index (χ0v) is 13.7. The van der Waals surface area contributed by atoms with E-state index in [4.69, 9.17) is 0 Å². The highest BCUT2D eigenvalue weighted by molar-refractivity contribution is 9.11. The molecule has 3 aromatic rings. The van der Waals surface area contributed by atoms with E-state index >= 15 is 0 Å². The Kier molecular flexibility index (Phi) is 3.48. The standard InChI is InChI=1S/C15H10Br2N2O/c1-8-3-2-4-12-13(8)18-14(19-15(12)20)9-5-10(16)7-11(17)6-9/h2-7H,1H3,(H,18,19,20). The number of hydrogen-bond donors (Lipinski definition) is 1. The molecule has 0 aliphatic heterocycles. The Labute approximate surface area is 132 Å². The van der Waals surface area contributed by atoms with E-state index in [9.17, 15) is 4.79 Å². The first-order valence-electron chi connectivity index (χ1n) is 6.01. The van der Waals surface area contributed by atoms with Crippen LogP contribution in [0.2, 0.25) is 0 Å². The van der Waals surface area contributed by atoms with Crippen molar-refractivity contribution < 1.29 is 0 Å². The smallest absolute Gasteiger partial charge is 0.259 e. The lowest BCUT2D eigenvalue weighted by atomic mass is 10.1. The second kappa shape index (κ2) is 5.14. The van der Waals surface area contributed by atoms with Crippen molar-refractivity contribution in [1.29, 1.82) is 0 Å². The molecule has 0 fully saturated rings. The van der Waals surface area contributed by atoms with Crippen LogP contribution in [0.4, 0.5) is 0 Å². The van der Waals surface area contributed by atoms with Crippen molar-refractivity contribution in [2.75, 3.05) is 0 Å². The molecule has 0 aliphatic rings. The Bertz CT molecular complexity index is 851. The normalized spacial score (nSPS) is 10.9. The molecule has 0 aliphatic carbocycles. The van der Waals surface area contributed by atoms with Crippen LogP contribution in [0, 0.1) is 6.92 Å². The molecular formula is C15H10Br2N2O. The third-order valence-electron chi connectivity index (χ3n) is 3.07. The number of para-hydroxylation sites is 1. The molecule has 3 rings (SSSR count). The summed E-state index contributed by atoms with van der Waals surface area (Å²) in [7, 11) is 0. The van der Waals surface area contributed by atoms with Gasteiger partial charge in [0.25, 0.3) is 5.56 Å². The number of hydrogen-bond acceptors (Lipinski definition) is 2. The molecule has 0 amide bonds. The van der Waals surface area contributed by atoms with E-state index in [2.05, 4.69) is 41.8 Å². The molecule has 1 aromatic heterocycles. The first kappa shape index (κ1) is 13.5. The third-order valence-corrected chi connectivity index (χ3v) is 3.99. The highest BCUT2D eigenvalue weighted by Gasteiger charge is 2.08. The molecule has 1 heterocycles. The molecule has 2 aromatic carbocycles. The number of H-pyrrole nitrogens is 1. The summed E-state index contributed by atoms with van der Waals surface area (Å²) >= 11 is 6.89. The van der Waals surface area contributed by atoms with Gasteiger partial charge in [0, 0.05) is 14.5 Å². The highest BCUT2D eigenvalue weighted by Crippen LogP contribution is 2.26. The Morgan fingerprint density at radius 1 is 1.10 bits per heavy atom. The molecule has 0 saturated carbocycles. The van der Waals surface area contributed by atoms with Crippen molar-refractivity contribution in [3.8, 4) is 11.4 Å². The van der Waals surface area contributed by atoms with Gasteiger partial charge in [-0.3, -0.25) is 4.79 Å². The number of benzene rings is 2. The topological polar surface area (TPSA) is 45.8 Å². The van der Waals surface area contributed by atoms with Crippen LogP contribution in [-0.4, -0.2) is 9.97 Å². The average molecular weight is 394 g/mol. The fraction of sp³-hybridized carbons (Fsp3) is 0.0667. The summed E-state index contributed by atoms with van der Waals surface area (Å²) in [5.41, 5.74) is 2.46. The fourth-order valence-electron chi connectivity index (χ4n) is 2.13. The monoisotopic (exact) mass is 392 g/mol. The Balaban J connectivity index is 2.32. The summed E-state index contributed by atoms with van der Waals surface area (Å²) in [6.07, 6.45) is 0. The third kappa shape index (κ3) is 2.43. The van der Waals surface area contributed by atoms with Gasteiger partial charge >= 0.3 is 0 Å². The number of nitrogens with one attached hydrogen (secondary N) is 1. The quantitative estimate of drug-likeness (QED) is 0.664. The van der Waals surface area contributed by atoms with E-state index in [1.165, 1.54) is 0 Å². The van der Waals surface area contributed by atoms with Gasteiger partial charge in [0.2, 0.25) is 0 Å². The lowest BCUT2D eigenvalue weighted by Gasteiger charge is -2.06. The number of rotatable bonds is 1. The summed E-state index contributed by atoms with van der Waals surface area (Å²) in [6.45, 7) is 1.95. The molecule has 5 heteroatoms. The largest absolute Gasteiger partial charge is 0.306 e. The second-order valence-corrected chi connectivity index (χ2v) is 6.38. The lowest BCUT2D eigenvalue weighted by molar-refractivity contribution is 1.17. The number of aryl methyl sites for hydroxylation is 1. The number of nitrogens with zero attached hydrogens (tertiary/aromatic N) is 1. The van der Waals surface area contributed by atoms with Crippen LogP contribution in [0.5, 0.6) is 0 Å². The minimum Gasteiger partial charge on any atom is -0.306 e. The second-order valence-electron chi connectivity index (χ2n) is 4.54. The van der Waals surface area contributed by atoms with Gasteiger partial charge in [0.1, 0.15) is 5.82 Å². The maximum Gasteiger partial charge on any atom is 0.259 e. The molecule has 0 bridgehead atoms. The van der Waals surface area contributed by atoms with Crippen molar-refractivity contribution in [2.45, 2.75) is 6.92 Å². The molecule has 20 heavy (non-hydrogen) atoms. The molecule has 0 atom stereocenters. The number of halogens is 2. The van der Waals surface area contributed by atoms with Gasteiger partial charge in [-0.1, -0.05) is 44.0 Å². The maximum atomic E-state index is 12.2. The van der Waals surface area contributed by atoms with Crippen molar-refractivity contribution in [2.24, 2.45) is 0 Å². The molecule has 0 saturated heterocycles. The summed E-state index contributed by atoms with van der Waals surface area (Å²) in [4.78, 5) is 19.6. The summed E-state index contributed by atoms with van der Waals surface area (Å²) in [5, 5.41) is 0.614. The van der Waals surface area contributed by atoms with Gasteiger partial charge in [0.05, 0.1) is 10.9 Å². The first-order chi connectivity index (χ1) is 9.54. The van der Waals surface area contributed by atoms with Gasteiger partial charge in [-0.2, -0.15) is 0 Å². The zero-order chi connectivity index (χ0) is 14.3. The van der Waals surface area contributed by atoms with E-state index < -0.39 is 0 Å². The Morgan fingerprint density at radius 2 is 1.80 bits per heavy atom. The molecule has 3 nitrogen and oxygen atoms in total. The lowest BCUT2D eigenvalue weighted by Crippen LogP contribution is -2.10. The van der Waals surface area contributed by atoms with Crippen molar-refractivity contribution in [3.05, 3.63) is 61.3 Å². The SMILES string of the molecule is Cc1cccc2c(=O)[nH]c(-c3cc(Br)cc(Br)c3)nc12. The molecular weight excluding hydrogens is 384 g/mol. The molecule has 0 radical (unpaired) electrons. The van der Waals surface area contributed by atoms with Crippen LogP contribution in [0.3, 0.4) is 0 Å². The van der Waals surface area contributed by atoms with Crippen LogP contribution in [-0.2, 0) is 0 Å². The molecule has 1 N–H and O–H groups in total. The predicted molar refractivity (Wildman–Crippen MR) is 87.9 cm³/mol. The molecule has 0 spiro atoms.